The second kappa shape index (κ2) is 10.1. The van der Waals surface area contributed by atoms with Gasteiger partial charge in [-0.1, -0.05) is 53.5 Å². The lowest BCUT2D eigenvalue weighted by Gasteiger charge is -2.07. The maximum absolute atomic E-state index is 12.3. The molecular formula is C24H18Cl2O4. The molecule has 4 nitrogen and oxygen atoms in total. The summed E-state index contributed by atoms with van der Waals surface area (Å²) in [6.45, 7) is 0.365. The van der Waals surface area contributed by atoms with Crippen LogP contribution in [0.1, 0.15) is 31.8 Å². The smallest absolute Gasteiger partial charge is 0.337 e. The number of ether oxygens (including phenoxy) is 2. The van der Waals surface area contributed by atoms with Crippen molar-refractivity contribution in [2.24, 2.45) is 0 Å². The molecule has 0 N–H and O–H groups in total. The molecule has 0 aliphatic rings. The van der Waals surface area contributed by atoms with Crippen molar-refractivity contribution in [3.8, 4) is 5.75 Å². The van der Waals surface area contributed by atoms with E-state index >= 15 is 0 Å². The highest BCUT2D eigenvalue weighted by atomic mass is 35.5. The van der Waals surface area contributed by atoms with Crippen LogP contribution >= 0.6 is 23.2 Å². The maximum Gasteiger partial charge on any atom is 0.337 e. The van der Waals surface area contributed by atoms with Crippen LogP contribution < -0.4 is 4.74 Å². The van der Waals surface area contributed by atoms with Crippen LogP contribution in [0.2, 0.25) is 10.0 Å². The van der Waals surface area contributed by atoms with Gasteiger partial charge in [0.05, 0.1) is 17.7 Å². The first-order chi connectivity index (χ1) is 14.5. The van der Waals surface area contributed by atoms with E-state index in [2.05, 4.69) is 4.74 Å². The third-order valence-corrected chi connectivity index (χ3v) is 4.83. The molecule has 0 bridgehead atoms. The summed E-state index contributed by atoms with van der Waals surface area (Å²) < 4.78 is 10.4. The molecule has 0 saturated carbocycles. The number of allylic oxidation sites excluding steroid dienone is 1. The van der Waals surface area contributed by atoms with Crippen LogP contribution in [0.4, 0.5) is 0 Å². The second-order valence-electron chi connectivity index (χ2n) is 6.37. The summed E-state index contributed by atoms with van der Waals surface area (Å²) in [5, 5.41) is 0.802. The third-order valence-electron chi connectivity index (χ3n) is 4.28. The highest BCUT2D eigenvalue weighted by Crippen LogP contribution is 2.22. The van der Waals surface area contributed by atoms with E-state index in [1.54, 1.807) is 36.4 Å². The lowest BCUT2D eigenvalue weighted by Crippen LogP contribution is -2.01. The molecule has 152 valence electrons. The summed E-state index contributed by atoms with van der Waals surface area (Å²) in [6, 6.07) is 19.1. The molecule has 0 saturated heterocycles. The van der Waals surface area contributed by atoms with E-state index in [-0.39, 0.29) is 11.8 Å². The van der Waals surface area contributed by atoms with Gasteiger partial charge in [0.1, 0.15) is 12.4 Å². The Labute approximate surface area is 184 Å². The van der Waals surface area contributed by atoms with Crippen molar-refractivity contribution in [1.29, 1.82) is 0 Å². The number of benzene rings is 3. The van der Waals surface area contributed by atoms with E-state index in [9.17, 15) is 9.59 Å². The first-order valence-corrected chi connectivity index (χ1v) is 9.79. The number of hydrogen-bond donors (Lipinski definition) is 0. The van der Waals surface area contributed by atoms with Gasteiger partial charge < -0.3 is 9.47 Å². The van der Waals surface area contributed by atoms with Gasteiger partial charge in [0.25, 0.3) is 0 Å². The zero-order valence-electron chi connectivity index (χ0n) is 16.1. The molecule has 3 aromatic rings. The van der Waals surface area contributed by atoms with Crippen LogP contribution in [0.15, 0.2) is 72.8 Å². The third kappa shape index (κ3) is 5.72. The lowest BCUT2D eigenvalue weighted by molar-refractivity contribution is 0.0600. The van der Waals surface area contributed by atoms with E-state index in [0.29, 0.717) is 33.5 Å². The van der Waals surface area contributed by atoms with Crippen molar-refractivity contribution in [1.82, 2.24) is 0 Å². The predicted molar refractivity (Wildman–Crippen MR) is 118 cm³/mol. The summed E-state index contributed by atoms with van der Waals surface area (Å²) in [7, 11) is 1.35. The number of ketones is 1. The predicted octanol–water partition coefficient (Wildman–Crippen LogP) is 6.26. The summed E-state index contributed by atoms with van der Waals surface area (Å²) in [6.07, 6.45) is 3.18. The first-order valence-electron chi connectivity index (χ1n) is 9.04. The van der Waals surface area contributed by atoms with Gasteiger partial charge in [-0.15, -0.1) is 0 Å². The van der Waals surface area contributed by atoms with Gasteiger partial charge in [0, 0.05) is 10.6 Å². The van der Waals surface area contributed by atoms with Gasteiger partial charge in [-0.2, -0.15) is 0 Å². The minimum absolute atomic E-state index is 0.201. The highest BCUT2D eigenvalue weighted by molar-refractivity contribution is 6.37. The molecule has 0 amide bonds. The maximum atomic E-state index is 12.3. The molecule has 30 heavy (non-hydrogen) atoms. The largest absolute Gasteiger partial charge is 0.489 e. The van der Waals surface area contributed by atoms with Crippen molar-refractivity contribution in [3.63, 3.8) is 0 Å². The van der Waals surface area contributed by atoms with Crippen molar-refractivity contribution in [3.05, 3.63) is 105 Å². The van der Waals surface area contributed by atoms with Gasteiger partial charge in [0.2, 0.25) is 0 Å². The molecule has 0 spiro atoms. The number of halogens is 2. The Kier molecular flexibility index (Phi) is 7.28. The zero-order chi connectivity index (χ0) is 21.5. The van der Waals surface area contributed by atoms with Gasteiger partial charge in [0.15, 0.2) is 5.78 Å². The molecule has 0 aliphatic heterocycles. The zero-order valence-corrected chi connectivity index (χ0v) is 17.6. The van der Waals surface area contributed by atoms with E-state index in [4.69, 9.17) is 27.9 Å². The van der Waals surface area contributed by atoms with Crippen molar-refractivity contribution in [2.45, 2.75) is 6.61 Å². The monoisotopic (exact) mass is 440 g/mol. The van der Waals surface area contributed by atoms with E-state index in [1.165, 1.54) is 13.2 Å². The molecule has 6 heteroatoms. The Balaban J connectivity index is 1.57. The second-order valence-corrected chi connectivity index (χ2v) is 7.21. The summed E-state index contributed by atoms with van der Waals surface area (Å²) >= 11 is 11.9. The summed E-state index contributed by atoms with van der Waals surface area (Å²) in [5.41, 5.74) is 2.67. The Hall–Kier alpha value is -3.08. The number of carbonyl (C=O) groups excluding carboxylic acids is 2. The molecule has 0 unspecified atom stereocenters. The Bertz CT molecular complexity index is 1070. The molecule has 0 radical (unpaired) electrons. The molecule has 0 atom stereocenters. The van der Waals surface area contributed by atoms with Crippen LogP contribution in [0.3, 0.4) is 0 Å². The number of methoxy groups -OCH3 is 1. The topological polar surface area (TPSA) is 52.6 Å². The standard InChI is InChI=1S/C24H18Cl2O4/c1-29-24(28)18-7-2-17(3-8-18)15-30-20-10-4-16(5-11-20)6-13-23(27)21-12-9-19(25)14-22(21)26/h2-14H,15H2,1H3. The molecule has 0 aliphatic carbocycles. The molecule has 0 heterocycles. The number of rotatable bonds is 7. The van der Waals surface area contributed by atoms with Crippen molar-refractivity contribution < 1.29 is 19.1 Å². The average molecular weight is 441 g/mol. The van der Waals surface area contributed by atoms with Crippen LogP contribution in [0, 0.1) is 0 Å². The SMILES string of the molecule is COC(=O)c1ccc(COc2ccc(C=CC(=O)c3ccc(Cl)cc3Cl)cc2)cc1. The lowest BCUT2D eigenvalue weighted by atomic mass is 10.1. The van der Waals surface area contributed by atoms with Gasteiger partial charge in [-0.3, -0.25) is 4.79 Å². The molecular weight excluding hydrogens is 423 g/mol. The van der Waals surface area contributed by atoms with E-state index < -0.39 is 0 Å². The molecule has 3 rings (SSSR count). The summed E-state index contributed by atoms with van der Waals surface area (Å²) in [5.74, 6) is 0.117. The van der Waals surface area contributed by atoms with Gasteiger partial charge in [-0.05, 0) is 59.7 Å². The van der Waals surface area contributed by atoms with Crippen molar-refractivity contribution >= 4 is 41.0 Å². The minimum Gasteiger partial charge on any atom is -0.489 e. The molecule has 3 aromatic carbocycles. The van der Waals surface area contributed by atoms with Crippen LogP contribution in [-0.4, -0.2) is 18.9 Å². The number of esters is 1. The fourth-order valence-electron chi connectivity index (χ4n) is 2.65. The van der Waals surface area contributed by atoms with E-state index in [0.717, 1.165) is 11.1 Å². The number of carbonyl (C=O) groups is 2. The summed E-state index contributed by atoms with van der Waals surface area (Å²) in [4.78, 5) is 23.7. The Morgan fingerprint density at radius 2 is 1.63 bits per heavy atom. The highest BCUT2D eigenvalue weighted by Gasteiger charge is 2.08. The van der Waals surface area contributed by atoms with Crippen LogP contribution in [0.25, 0.3) is 6.08 Å². The van der Waals surface area contributed by atoms with Gasteiger partial charge >= 0.3 is 5.97 Å². The Morgan fingerprint density at radius 1 is 0.933 bits per heavy atom. The van der Waals surface area contributed by atoms with Crippen molar-refractivity contribution in [2.75, 3.05) is 7.11 Å². The fourth-order valence-corrected chi connectivity index (χ4v) is 3.15. The number of hydrogen-bond acceptors (Lipinski definition) is 4. The Morgan fingerprint density at radius 3 is 2.27 bits per heavy atom. The average Bonchev–Trinajstić information content (AvgIpc) is 2.76. The van der Waals surface area contributed by atoms with Crippen LogP contribution in [0.5, 0.6) is 5.75 Å². The normalized spacial score (nSPS) is 10.8. The van der Waals surface area contributed by atoms with Crippen LogP contribution in [-0.2, 0) is 11.3 Å². The molecule has 0 fully saturated rings. The molecule has 0 aromatic heterocycles. The minimum atomic E-state index is -0.372. The first kappa shape index (κ1) is 21.6. The van der Waals surface area contributed by atoms with Gasteiger partial charge in [-0.25, -0.2) is 4.79 Å². The fraction of sp³-hybridized carbons (Fsp3) is 0.0833. The quantitative estimate of drug-likeness (QED) is 0.247. The van der Waals surface area contributed by atoms with E-state index in [1.807, 2.05) is 36.4 Å².